The van der Waals surface area contributed by atoms with Crippen molar-refractivity contribution in [3.63, 3.8) is 0 Å². The third-order valence-corrected chi connectivity index (χ3v) is 5.91. The lowest BCUT2D eigenvalue weighted by atomic mass is 10.1. The number of halogens is 2. The standard InChI is InChI=1S/C19H21F2N3O3S/c1-28(26,27)24-10-8-23(9-11-24)13-14-2-4-15(5-3-14)19(25)22-18-7-6-16(20)12-17(18)21/h2-7,12H,8-11,13H2,1H3,(H,22,25). The number of hydrogen-bond acceptors (Lipinski definition) is 4. The van der Waals surface area contributed by atoms with Crippen LogP contribution in [-0.2, 0) is 16.6 Å². The van der Waals surface area contributed by atoms with Gasteiger partial charge in [0.05, 0.1) is 11.9 Å². The SMILES string of the molecule is CS(=O)(=O)N1CCN(Cc2ccc(C(=O)Nc3ccc(F)cc3F)cc2)CC1. The van der Waals surface area contributed by atoms with Crippen molar-refractivity contribution in [1.29, 1.82) is 0 Å². The zero-order valence-corrected chi connectivity index (χ0v) is 16.2. The fraction of sp³-hybridized carbons (Fsp3) is 0.316. The second kappa shape index (κ2) is 8.34. The van der Waals surface area contributed by atoms with Gasteiger partial charge in [0.15, 0.2) is 0 Å². The Kier molecular flexibility index (Phi) is 6.07. The van der Waals surface area contributed by atoms with Crippen molar-refractivity contribution in [1.82, 2.24) is 9.21 Å². The Morgan fingerprint density at radius 3 is 2.25 bits per heavy atom. The zero-order valence-electron chi connectivity index (χ0n) is 15.4. The van der Waals surface area contributed by atoms with Crippen LogP contribution in [0.5, 0.6) is 0 Å². The number of anilines is 1. The molecule has 1 aliphatic heterocycles. The molecule has 150 valence electrons. The fourth-order valence-electron chi connectivity index (χ4n) is 3.02. The number of nitrogens with zero attached hydrogens (tertiary/aromatic N) is 2. The molecule has 9 heteroatoms. The number of sulfonamides is 1. The van der Waals surface area contributed by atoms with Crippen molar-refractivity contribution < 1.29 is 22.0 Å². The van der Waals surface area contributed by atoms with E-state index in [1.807, 2.05) is 0 Å². The summed E-state index contributed by atoms with van der Waals surface area (Å²) in [7, 11) is -3.15. The molecule has 1 aliphatic rings. The summed E-state index contributed by atoms with van der Waals surface area (Å²) in [6.45, 7) is 2.84. The van der Waals surface area contributed by atoms with Crippen LogP contribution in [-0.4, -0.2) is 56.0 Å². The van der Waals surface area contributed by atoms with E-state index in [2.05, 4.69) is 10.2 Å². The van der Waals surface area contributed by atoms with E-state index in [1.165, 1.54) is 16.6 Å². The first kappa shape index (κ1) is 20.4. The molecule has 0 bridgehead atoms. The molecular weight excluding hydrogens is 388 g/mol. The summed E-state index contributed by atoms with van der Waals surface area (Å²) in [5, 5.41) is 2.42. The molecule has 1 fully saturated rings. The minimum absolute atomic E-state index is 0.0841. The summed E-state index contributed by atoms with van der Waals surface area (Å²) in [4.78, 5) is 14.4. The largest absolute Gasteiger partial charge is 0.319 e. The average molecular weight is 409 g/mol. The maximum Gasteiger partial charge on any atom is 0.255 e. The van der Waals surface area contributed by atoms with E-state index >= 15 is 0 Å². The molecule has 1 amide bonds. The predicted octanol–water partition coefficient (Wildman–Crippen LogP) is 2.29. The lowest BCUT2D eigenvalue weighted by molar-refractivity contribution is 0.102. The lowest BCUT2D eigenvalue weighted by Crippen LogP contribution is -2.47. The van der Waals surface area contributed by atoms with Crippen molar-refractivity contribution in [2.24, 2.45) is 0 Å². The molecule has 0 spiro atoms. The quantitative estimate of drug-likeness (QED) is 0.823. The molecule has 1 saturated heterocycles. The van der Waals surface area contributed by atoms with Crippen LogP contribution < -0.4 is 5.32 Å². The summed E-state index contributed by atoms with van der Waals surface area (Å²) in [6.07, 6.45) is 1.21. The topological polar surface area (TPSA) is 69.7 Å². The number of hydrogen-bond donors (Lipinski definition) is 1. The van der Waals surface area contributed by atoms with E-state index < -0.39 is 27.6 Å². The van der Waals surface area contributed by atoms with E-state index in [0.717, 1.165) is 11.6 Å². The van der Waals surface area contributed by atoms with E-state index in [4.69, 9.17) is 0 Å². The number of benzene rings is 2. The summed E-state index contributed by atoms with van der Waals surface area (Å²) < 4.78 is 51.1. The van der Waals surface area contributed by atoms with Gasteiger partial charge in [-0.3, -0.25) is 9.69 Å². The van der Waals surface area contributed by atoms with Crippen molar-refractivity contribution >= 4 is 21.6 Å². The van der Waals surface area contributed by atoms with Gasteiger partial charge in [0.2, 0.25) is 10.0 Å². The molecule has 1 N–H and O–H groups in total. The van der Waals surface area contributed by atoms with E-state index in [1.54, 1.807) is 24.3 Å². The van der Waals surface area contributed by atoms with Gasteiger partial charge >= 0.3 is 0 Å². The Hall–Kier alpha value is -2.36. The normalized spacial score (nSPS) is 16.1. The van der Waals surface area contributed by atoms with Gasteiger partial charge < -0.3 is 5.32 Å². The molecule has 6 nitrogen and oxygen atoms in total. The molecular formula is C19H21F2N3O3S. The first-order valence-electron chi connectivity index (χ1n) is 8.75. The van der Waals surface area contributed by atoms with Crippen LogP contribution in [0.3, 0.4) is 0 Å². The molecule has 0 aliphatic carbocycles. The molecule has 2 aromatic carbocycles. The number of amides is 1. The summed E-state index contributed by atoms with van der Waals surface area (Å²) in [5.74, 6) is -2.03. The van der Waals surface area contributed by atoms with Crippen LogP contribution in [0.4, 0.5) is 14.5 Å². The van der Waals surface area contributed by atoms with Gasteiger partial charge in [-0.1, -0.05) is 12.1 Å². The third kappa shape index (κ3) is 5.12. The molecule has 0 radical (unpaired) electrons. The zero-order chi connectivity index (χ0) is 20.3. The van der Waals surface area contributed by atoms with Crippen LogP contribution in [0.2, 0.25) is 0 Å². The van der Waals surface area contributed by atoms with Crippen LogP contribution >= 0.6 is 0 Å². The second-order valence-corrected chi connectivity index (χ2v) is 8.70. The highest BCUT2D eigenvalue weighted by atomic mass is 32.2. The first-order valence-corrected chi connectivity index (χ1v) is 10.6. The average Bonchev–Trinajstić information content (AvgIpc) is 2.64. The number of nitrogens with one attached hydrogen (secondary N) is 1. The molecule has 0 aromatic heterocycles. The Morgan fingerprint density at radius 1 is 1.04 bits per heavy atom. The maximum absolute atomic E-state index is 13.7. The Morgan fingerprint density at radius 2 is 1.68 bits per heavy atom. The minimum Gasteiger partial charge on any atom is -0.319 e. The molecule has 2 aromatic rings. The third-order valence-electron chi connectivity index (χ3n) is 4.60. The summed E-state index contributed by atoms with van der Waals surface area (Å²) >= 11 is 0. The van der Waals surface area contributed by atoms with Gasteiger partial charge in [0.1, 0.15) is 11.6 Å². The summed E-state index contributed by atoms with van der Waals surface area (Å²) in [5.41, 5.74) is 1.26. The van der Waals surface area contributed by atoms with Gasteiger partial charge in [0.25, 0.3) is 5.91 Å². The second-order valence-electron chi connectivity index (χ2n) is 6.71. The Bertz CT molecular complexity index is 957. The van der Waals surface area contributed by atoms with Crippen LogP contribution in [0, 0.1) is 11.6 Å². The van der Waals surface area contributed by atoms with Gasteiger partial charge in [0, 0.05) is 44.4 Å². The number of rotatable bonds is 5. The van der Waals surface area contributed by atoms with Crippen molar-refractivity contribution in [2.75, 3.05) is 37.8 Å². The Labute approximate surface area is 162 Å². The fourth-order valence-corrected chi connectivity index (χ4v) is 3.85. The van der Waals surface area contributed by atoms with Gasteiger partial charge in [-0.15, -0.1) is 0 Å². The van der Waals surface area contributed by atoms with Gasteiger partial charge in [-0.2, -0.15) is 4.31 Å². The van der Waals surface area contributed by atoms with Crippen molar-refractivity contribution in [2.45, 2.75) is 6.54 Å². The van der Waals surface area contributed by atoms with Crippen LogP contribution in [0.15, 0.2) is 42.5 Å². The highest BCUT2D eigenvalue weighted by Crippen LogP contribution is 2.17. The van der Waals surface area contributed by atoms with Crippen LogP contribution in [0.25, 0.3) is 0 Å². The van der Waals surface area contributed by atoms with E-state index in [-0.39, 0.29) is 5.69 Å². The highest BCUT2D eigenvalue weighted by molar-refractivity contribution is 7.88. The number of carbonyl (C=O) groups excluding carboxylic acids is 1. The molecule has 0 atom stereocenters. The molecule has 0 unspecified atom stereocenters. The smallest absolute Gasteiger partial charge is 0.255 e. The van der Waals surface area contributed by atoms with Crippen molar-refractivity contribution in [3.05, 3.63) is 65.2 Å². The minimum atomic E-state index is -3.15. The molecule has 0 saturated carbocycles. The highest BCUT2D eigenvalue weighted by Gasteiger charge is 2.23. The summed E-state index contributed by atoms with van der Waals surface area (Å²) in [6, 6.07) is 9.84. The van der Waals surface area contributed by atoms with E-state index in [9.17, 15) is 22.0 Å². The van der Waals surface area contributed by atoms with Crippen LogP contribution in [0.1, 0.15) is 15.9 Å². The first-order chi connectivity index (χ1) is 13.2. The van der Waals surface area contributed by atoms with Gasteiger partial charge in [-0.25, -0.2) is 17.2 Å². The molecule has 28 heavy (non-hydrogen) atoms. The molecule has 1 heterocycles. The number of piperazine rings is 1. The number of carbonyl (C=O) groups is 1. The van der Waals surface area contributed by atoms with Crippen molar-refractivity contribution in [3.8, 4) is 0 Å². The predicted molar refractivity (Wildman–Crippen MR) is 102 cm³/mol. The molecule has 3 rings (SSSR count). The monoisotopic (exact) mass is 409 g/mol. The lowest BCUT2D eigenvalue weighted by Gasteiger charge is -2.33. The van der Waals surface area contributed by atoms with Gasteiger partial charge in [-0.05, 0) is 29.8 Å². The maximum atomic E-state index is 13.7. The van der Waals surface area contributed by atoms with E-state index in [0.29, 0.717) is 44.4 Å². The Balaban J connectivity index is 1.57.